The van der Waals surface area contributed by atoms with E-state index in [2.05, 4.69) is 17.6 Å². The molecule has 84 valence electrons. The molecule has 0 heterocycles. The standard InChI is InChI=1S/C10H22N2O2/c1-4-5-6-11-10(14)12-9(3)8(2)7-13/h8-9,13H,4-7H2,1-3H3,(H2,11,12,14). The summed E-state index contributed by atoms with van der Waals surface area (Å²) in [6, 6.07) is -0.145. The van der Waals surface area contributed by atoms with Crippen LogP contribution in [0.25, 0.3) is 0 Å². The third-order valence-corrected chi connectivity index (χ3v) is 2.32. The minimum absolute atomic E-state index is 0.00151. The minimum atomic E-state index is -0.147. The molecule has 2 amide bonds. The van der Waals surface area contributed by atoms with Gasteiger partial charge in [-0.3, -0.25) is 0 Å². The quantitative estimate of drug-likeness (QED) is 0.565. The predicted molar refractivity (Wildman–Crippen MR) is 57.2 cm³/mol. The molecule has 4 heteroatoms. The molecule has 2 unspecified atom stereocenters. The smallest absolute Gasteiger partial charge is 0.315 e. The fourth-order valence-electron chi connectivity index (χ4n) is 0.937. The zero-order valence-electron chi connectivity index (χ0n) is 9.34. The minimum Gasteiger partial charge on any atom is -0.396 e. The number of aliphatic hydroxyl groups is 1. The largest absolute Gasteiger partial charge is 0.396 e. The Kier molecular flexibility index (Phi) is 7.20. The van der Waals surface area contributed by atoms with Gasteiger partial charge in [-0.15, -0.1) is 0 Å². The Morgan fingerprint density at radius 3 is 2.57 bits per heavy atom. The van der Waals surface area contributed by atoms with E-state index in [9.17, 15) is 4.79 Å². The molecule has 0 aliphatic rings. The number of amides is 2. The zero-order valence-corrected chi connectivity index (χ0v) is 9.34. The predicted octanol–water partition coefficient (Wildman–Crippen LogP) is 1.10. The van der Waals surface area contributed by atoms with E-state index in [1.165, 1.54) is 0 Å². The van der Waals surface area contributed by atoms with Crippen LogP contribution in [0.15, 0.2) is 0 Å². The van der Waals surface area contributed by atoms with Crippen molar-refractivity contribution in [2.24, 2.45) is 5.92 Å². The van der Waals surface area contributed by atoms with Crippen LogP contribution >= 0.6 is 0 Å². The van der Waals surface area contributed by atoms with Crippen molar-refractivity contribution < 1.29 is 9.90 Å². The molecule has 0 saturated carbocycles. The Morgan fingerprint density at radius 2 is 2.07 bits per heavy atom. The third-order valence-electron chi connectivity index (χ3n) is 2.32. The lowest BCUT2D eigenvalue weighted by molar-refractivity contribution is 0.200. The van der Waals surface area contributed by atoms with Gasteiger partial charge in [-0.2, -0.15) is 0 Å². The Morgan fingerprint density at radius 1 is 1.43 bits per heavy atom. The van der Waals surface area contributed by atoms with Crippen LogP contribution in [0.3, 0.4) is 0 Å². The highest BCUT2D eigenvalue weighted by molar-refractivity contribution is 5.74. The van der Waals surface area contributed by atoms with E-state index in [-0.39, 0.29) is 24.6 Å². The fourth-order valence-corrected chi connectivity index (χ4v) is 0.937. The first-order valence-electron chi connectivity index (χ1n) is 5.27. The highest BCUT2D eigenvalue weighted by Gasteiger charge is 2.12. The number of nitrogens with one attached hydrogen (secondary N) is 2. The molecule has 0 aromatic heterocycles. The average Bonchev–Trinajstić information content (AvgIpc) is 2.16. The molecule has 0 aromatic carbocycles. The summed E-state index contributed by atoms with van der Waals surface area (Å²) in [6.07, 6.45) is 2.07. The van der Waals surface area contributed by atoms with E-state index < -0.39 is 0 Å². The summed E-state index contributed by atoms with van der Waals surface area (Å²) >= 11 is 0. The number of unbranched alkanes of at least 4 members (excludes halogenated alkanes) is 1. The molecule has 0 aliphatic carbocycles. The maximum absolute atomic E-state index is 11.2. The number of hydrogen-bond acceptors (Lipinski definition) is 2. The highest BCUT2D eigenvalue weighted by Crippen LogP contribution is 1.99. The van der Waals surface area contributed by atoms with E-state index in [0.29, 0.717) is 6.54 Å². The van der Waals surface area contributed by atoms with Gasteiger partial charge in [0, 0.05) is 19.2 Å². The second-order valence-electron chi connectivity index (χ2n) is 3.70. The van der Waals surface area contributed by atoms with Crippen molar-refractivity contribution in [2.75, 3.05) is 13.2 Å². The van der Waals surface area contributed by atoms with Crippen molar-refractivity contribution in [3.8, 4) is 0 Å². The van der Waals surface area contributed by atoms with Gasteiger partial charge in [0.15, 0.2) is 0 Å². The van der Waals surface area contributed by atoms with Gasteiger partial charge in [0.2, 0.25) is 0 Å². The molecule has 4 nitrogen and oxygen atoms in total. The monoisotopic (exact) mass is 202 g/mol. The van der Waals surface area contributed by atoms with Crippen molar-refractivity contribution in [1.82, 2.24) is 10.6 Å². The summed E-state index contributed by atoms with van der Waals surface area (Å²) in [5.74, 6) is 0.0897. The van der Waals surface area contributed by atoms with Gasteiger partial charge in [-0.05, 0) is 19.3 Å². The first-order valence-corrected chi connectivity index (χ1v) is 5.27. The van der Waals surface area contributed by atoms with Crippen LogP contribution < -0.4 is 10.6 Å². The first-order chi connectivity index (χ1) is 6.61. The lowest BCUT2D eigenvalue weighted by Gasteiger charge is -2.19. The number of rotatable bonds is 6. The summed E-state index contributed by atoms with van der Waals surface area (Å²) in [7, 11) is 0. The number of carbonyl (C=O) groups excluding carboxylic acids is 1. The molecule has 0 saturated heterocycles. The summed E-state index contributed by atoms with van der Waals surface area (Å²) in [4.78, 5) is 11.2. The molecule has 0 spiro atoms. The maximum atomic E-state index is 11.2. The molecule has 0 aliphatic heterocycles. The van der Waals surface area contributed by atoms with E-state index >= 15 is 0 Å². The molecule has 0 aromatic rings. The SMILES string of the molecule is CCCCNC(=O)NC(C)C(C)CO. The van der Waals surface area contributed by atoms with Gasteiger partial charge < -0.3 is 15.7 Å². The lowest BCUT2D eigenvalue weighted by Crippen LogP contribution is -2.44. The van der Waals surface area contributed by atoms with Crippen LogP contribution in [0, 0.1) is 5.92 Å². The van der Waals surface area contributed by atoms with Crippen LogP contribution in [-0.4, -0.2) is 30.3 Å². The molecule has 14 heavy (non-hydrogen) atoms. The van der Waals surface area contributed by atoms with Crippen molar-refractivity contribution in [3.05, 3.63) is 0 Å². The van der Waals surface area contributed by atoms with Gasteiger partial charge in [0.1, 0.15) is 0 Å². The van der Waals surface area contributed by atoms with Crippen LogP contribution in [-0.2, 0) is 0 Å². The Balaban J connectivity index is 3.60. The lowest BCUT2D eigenvalue weighted by atomic mass is 10.1. The average molecular weight is 202 g/mol. The van der Waals surface area contributed by atoms with Crippen LogP contribution in [0.2, 0.25) is 0 Å². The van der Waals surface area contributed by atoms with Gasteiger partial charge in [-0.25, -0.2) is 4.79 Å². The van der Waals surface area contributed by atoms with E-state index in [1.807, 2.05) is 13.8 Å². The van der Waals surface area contributed by atoms with Crippen molar-refractivity contribution in [3.63, 3.8) is 0 Å². The first kappa shape index (κ1) is 13.2. The third kappa shape index (κ3) is 5.80. The summed E-state index contributed by atoms with van der Waals surface area (Å²) in [6.45, 7) is 6.67. The second kappa shape index (κ2) is 7.62. The van der Waals surface area contributed by atoms with E-state index in [4.69, 9.17) is 5.11 Å². The number of carbonyl (C=O) groups is 1. The molecule has 2 atom stereocenters. The van der Waals surface area contributed by atoms with E-state index in [1.54, 1.807) is 0 Å². The van der Waals surface area contributed by atoms with Gasteiger partial charge in [0.25, 0.3) is 0 Å². The van der Waals surface area contributed by atoms with Crippen LogP contribution in [0.5, 0.6) is 0 Å². The van der Waals surface area contributed by atoms with Gasteiger partial charge in [0.05, 0.1) is 0 Å². The van der Waals surface area contributed by atoms with Crippen molar-refractivity contribution in [2.45, 2.75) is 39.7 Å². The molecular weight excluding hydrogens is 180 g/mol. The summed E-state index contributed by atoms with van der Waals surface area (Å²) < 4.78 is 0. The van der Waals surface area contributed by atoms with Crippen molar-refractivity contribution in [1.29, 1.82) is 0 Å². The molecule has 0 bridgehead atoms. The normalized spacial score (nSPS) is 14.6. The molecule has 3 N–H and O–H groups in total. The second-order valence-corrected chi connectivity index (χ2v) is 3.70. The Hall–Kier alpha value is -0.770. The molecule has 0 fully saturated rings. The molecular formula is C10H22N2O2. The summed E-state index contributed by atoms with van der Waals surface area (Å²) in [5, 5.41) is 14.4. The summed E-state index contributed by atoms with van der Waals surface area (Å²) in [5.41, 5.74) is 0. The van der Waals surface area contributed by atoms with E-state index in [0.717, 1.165) is 12.8 Å². The number of hydrogen-bond donors (Lipinski definition) is 3. The zero-order chi connectivity index (χ0) is 11.0. The Bertz CT molecular complexity index is 162. The number of aliphatic hydroxyl groups excluding tert-OH is 1. The van der Waals surface area contributed by atoms with Gasteiger partial charge >= 0.3 is 6.03 Å². The maximum Gasteiger partial charge on any atom is 0.315 e. The van der Waals surface area contributed by atoms with Crippen LogP contribution in [0.4, 0.5) is 4.79 Å². The Labute approximate surface area is 86.1 Å². The van der Waals surface area contributed by atoms with Gasteiger partial charge in [-0.1, -0.05) is 20.3 Å². The fraction of sp³-hybridized carbons (Fsp3) is 0.900. The number of urea groups is 1. The highest BCUT2D eigenvalue weighted by atomic mass is 16.3. The van der Waals surface area contributed by atoms with Crippen LogP contribution in [0.1, 0.15) is 33.6 Å². The topological polar surface area (TPSA) is 61.4 Å². The molecule has 0 rings (SSSR count). The van der Waals surface area contributed by atoms with Crippen molar-refractivity contribution >= 4 is 6.03 Å². The molecule has 0 radical (unpaired) electrons.